The smallest absolute Gasteiger partial charge is 0.338 e. The third kappa shape index (κ3) is 3.01. The molecule has 0 saturated carbocycles. The number of guanidine groups is 1. The molecule has 1 heterocycles. The summed E-state index contributed by atoms with van der Waals surface area (Å²) in [6.07, 6.45) is 0. The van der Waals surface area contributed by atoms with Gasteiger partial charge in [0.25, 0.3) is 0 Å². The number of nitrogens with zero attached hydrogens (tertiary/aromatic N) is 1. The molecule has 0 bridgehead atoms. The minimum Gasteiger partial charge on any atom is -0.463 e. The van der Waals surface area contributed by atoms with Gasteiger partial charge in [-0.25, -0.2) is 9.79 Å². The molecule has 0 saturated heterocycles. The number of hydrogen-bond acceptors (Lipinski definition) is 5. The van der Waals surface area contributed by atoms with Gasteiger partial charge in [0.15, 0.2) is 5.96 Å². The van der Waals surface area contributed by atoms with Gasteiger partial charge in [0.1, 0.15) is 6.04 Å². The summed E-state index contributed by atoms with van der Waals surface area (Å²) < 4.78 is 6.07. The molecule has 106 valence electrons. The largest absolute Gasteiger partial charge is 0.463 e. The molecule has 0 aliphatic carbocycles. The van der Waals surface area contributed by atoms with Gasteiger partial charge in [-0.3, -0.25) is 0 Å². The first-order chi connectivity index (χ1) is 9.52. The van der Waals surface area contributed by atoms with E-state index in [-0.39, 0.29) is 5.97 Å². The van der Waals surface area contributed by atoms with Crippen LogP contribution in [0.2, 0.25) is 0 Å². The van der Waals surface area contributed by atoms with E-state index in [1.165, 1.54) is 0 Å². The predicted octanol–water partition coefficient (Wildman–Crippen LogP) is 2.25. The summed E-state index contributed by atoms with van der Waals surface area (Å²) >= 11 is 3.39. The van der Waals surface area contributed by atoms with E-state index in [1.54, 1.807) is 13.8 Å². The number of aliphatic imine (C=N–C) groups is 1. The third-order valence-electron chi connectivity index (χ3n) is 2.94. The van der Waals surface area contributed by atoms with E-state index in [1.807, 2.05) is 24.3 Å². The Morgan fingerprint density at radius 3 is 2.70 bits per heavy atom. The van der Waals surface area contributed by atoms with Crippen LogP contribution < -0.4 is 11.1 Å². The summed E-state index contributed by atoms with van der Waals surface area (Å²) in [5.41, 5.74) is 7.81. The predicted molar refractivity (Wildman–Crippen MR) is 81.0 cm³/mol. The van der Waals surface area contributed by atoms with Gasteiger partial charge in [-0.05, 0) is 31.5 Å². The van der Waals surface area contributed by atoms with Gasteiger partial charge in [-0.1, -0.05) is 28.1 Å². The zero-order valence-corrected chi connectivity index (χ0v) is 12.9. The Morgan fingerprint density at radius 1 is 1.45 bits per heavy atom. The van der Waals surface area contributed by atoms with Crippen LogP contribution in [0.25, 0.3) is 0 Å². The second kappa shape index (κ2) is 6.09. The molecule has 2 rings (SSSR count). The summed E-state index contributed by atoms with van der Waals surface area (Å²) in [5.74, 6) is -0.0786. The van der Waals surface area contributed by atoms with Gasteiger partial charge in [-0.2, -0.15) is 0 Å². The minimum atomic E-state index is -0.441. The standard InChI is InChI=1S/C14H16BrN3O2/c1-3-20-13(19)11-8(2)17-14(16)18-12(11)9-4-6-10(15)7-5-9/h4-7,12H,3H2,1-2H3,(H3,16,17,18). The number of allylic oxidation sites excluding steroid dienone is 1. The Bertz CT molecular complexity index is 579. The summed E-state index contributed by atoms with van der Waals surface area (Å²) in [4.78, 5) is 16.5. The highest BCUT2D eigenvalue weighted by molar-refractivity contribution is 9.10. The number of ether oxygens (including phenoxy) is 1. The van der Waals surface area contributed by atoms with Gasteiger partial charge in [0.05, 0.1) is 12.2 Å². The van der Waals surface area contributed by atoms with Crippen molar-refractivity contribution in [3.05, 3.63) is 45.6 Å². The van der Waals surface area contributed by atoms with Crippen LogP contribution in [0.1, 0.15) is 25.5 Å². The van der Waals surface area contributed by atoms with Crippen LogP contribution in [0.4, 0.5) is 0 Å². The monoisotopic (exact) mass is 337 g/mol. The van der Waals surface area contributed by atoms with Gasteiger partial charge >= 0.3 is 5.97 Å². The molecule has 0 fully saturated rings. The number of benzene rings is 1. The van der Waals surface area contributed by atoms with E-state index in [4.69, 9.17) is 10.5 Å². The number of hydrogen-bond donors (Lipinski definition) is 2. The molecule has 1 unspecified atom stereocenters. The molecule has 1 aliphatic rings. The molecular formula is C14H16BrN3O2. The number of esters is 1. The van der Waals surface area contributed by atoms with Crippen LogP contribution in [-0.2, 0) is 9.53 Å². The molecule has 1 atom stereocenters. The number of nitrogens with one attached hydrogen (secondary N) is 1. The molecule has 6 heteroatoms. The summed E-state index contributed by atoms with van der Waals surface area (Å²) in [5, 5.41) is 2.88. The molecular weight excluding hydrogens is 322 g/mol. The maximum absolute atomic E-state index is 12.1. The number of carbonyl (C=O) groups is 1. The molecule has 1 aromatic carbocycles. The van der Waals surface area contributed by atoms with Gasteiger partial charge < -0.3 is 15.8 Å². The fourth-order valence-corrected chi connectivity index (χ4v) is 2.32. The van der Waals surface area contributed by atoms with Crippen molar-refractivity contribution in [3.8, 4) is 0 Å². The van der Waals surface area contributed by atoms with E-state index >= 15 is 0 Å². The maximum atomic E-state index is 12.1. The molecule has 3 N–H and O–H groups in total. The maximum Gasteiger partial charge on any atom is 0.338 e. The summed E-state index contributed by atoms with van der Waals surface area (Å²) in [6.45, 7) is 3.89. The van der Waals surface area contributed by atoms with Crippen molar-refractivity contribution in [2.75, 3.05) is 6.61 Å². The van der Waals surface area contributed by atoms with Crippen LogP contribution in [0.15, 0.2) is 45.0 Å². The molecule has 5 nitrogen and oxygen atoms in total. The molecule has 1 aromatic rings. The highest BCUT2D eigenvalue weighted by atomic mass is 79.9. The quantitative estimate of drug-likeness (QED) is 0.829. The van der Waals surface area contributed by atoms with Crippen LogP contribution in [0.3, 0.4) is 0 Å². The molecule has 0 spiro atoms. The lowest BCUT2D eigenvalue weighted by molar-refractivity contribution is -0.138. The fourth-order valence-electron chi connectivity index (χ4n) is 2.06. The average Bonchev–Trinajstić information content (AvgIpc) is 2.38. The molecule has 0 aromatic heterocycles. The lowest BCUT2D eigenvalue weighted by Crippen LogP contribution is -2.37. The van der Waals surface area contributed by atoms with Crippen LogP contribution >= 0.6 is 15.9 Å². The topological polar surface area (TPSA) is 76.7 Å². The average molecular weight is 338 g/mol. The first-order valence-corrected chi connectivity index (χ1v) is 7.06. The highest BCUT2D eigenvalue weighted by Gasteiger charge is 2.29. The first kappa shape index (κ1) is 14.6. The SMILES string of the molecule is CCOC(=O)C1=C(C)NC(N)=NC1c1ccc(Br)cc1. The first-order valence-electron chi connectivity index (χ1n) is 6.26. The lowest BCUT2D eigenvalue weighted by Gasteiger charge is -2.24. The molecule has 20 heavy (non-hydrogen) atoms. The number of halogens is 1. The van der Waals surface area contributed by atoms with Crippen molar-refractivity contribution in [3.63, 3.8) is 0 Å². The Labute approximate surface area is 126 Å². The van der Waals surface area contributed by atoms with Crippen molar-refractivity contribution >= 4 is 27.9 Å². The van der Waals surface area contributed by atoms with Crippen molar-refractivity contribution < 1.29 is 9.53 Å². The van der Waals surface area contributed by atoms with Crippen LogP contribution in [-0.4, -0.2) is 18.5 Å². The van der Waals surface area contributed by atoms with E-state index in [0.717, 1.165) is 10.0 Å². The Morgan fingerprint density at radius 2 is 2.10 bits per heavy atom. The van der Waals surface area contributed by atoms with Crippen LogP contribution in [0.5, 0.6) is 0 Å². The van der Waals surface area contributed by atoms with Crippen molar-refractivity contribution in [2.24, 2.45) is 10.7 Å². The molecule has 0 radical (unpaired) electrons. The second-order valence-electron chi connectivity index (χ2n) is 4.35. The number of rotatable bonds is 3. The van der Waals surface area contributed by atoms with Crippen molar-refractivity contribution in [1.82, 2.24) is 5.32 Å². The second-order valence-corrected chi connectivity index (χ2v) is 5.27. The Kier molecular flexibility index (Phi) is 4.44. The normalized spacial score (nSPS) is 18.4. The van der Waals surface area contributed by atoms with Crippen molar-refractivity contribution in [2.45, 2.75) is 19.9 Å². The molecule has 1 aliphatic heterocycles. The van der Waals surface area contributed by atoms with Crippen LogP contribution in [0, 0.1) is 0 Å². The zero-order chi connectivity index (χ0) is 14.7. The summed E-state index contributed by atoms with van der Waals surface area (Å²) in [7, 11) is 0. The van der Waals surface area contributed by atoms with E-state index in [9.17, 15) is 4.79 Å². The minimum absolute atomic E-state index is 0.295. The van der Waals surface area contributed by atoms with Gasteiger partial charge in [-0.15, -0.1) is 0 Å². The Hall–Kier alpha value is -1.82. The fraction of sp³-hybridized carbons (Fsp3) is 0.286. The number of nitrogens with two attached hydrogens (primary N) is 1. The highest BCUT2D eigenvalue weighted by Crippen LogP contribution is 2.31. The van der Waals surface area contributed by atoms with Crippen molar-refractivity contribution in [1.29, 1.82) is 0 Å². The van der Waals surface area contributed by atoms with E-state index < -0.39 is 6.04 Å². The van der Waals surface area contributed by atoms with E-state index in [2.05, 4.69) is 26.2 Å². The molecule has 0 amide bonds. The van der Waals surface area contributed by atoms with Gasteiger partial charge in [0.2, 0.25) is 0 Å². The Balaban J connectivity index is 2.42. The number of carbonyl (C=O) groups excluding carboxylic acids is 1. The third-order valence-corrected chi connectivity index (χ3v) is 3.47. The zero-order valence-electron chi connectivity index (χ0n) is 11.3. The summed E-state index contributed by atoms with van der Waals surface area (Å²) in [6, 6.07) is 7.18. The van der Waals surface area contributed by atoms with Gasteiger partial charge in [0, 0.05) is 10.2 Å². The lowest BCUT2D eigenvalue weighted by atomic mass is 9.96. The van der Waals surface area contributed by atoms with E-state index in [0.29, 0.717) is 23.8 Å².